The minimum atomic E-state index is -4.45. The minimum Gasteiger partial charge on any atom is -0.338 e. The summed E-state index contributed by atoms with van der Waals surface area (Å²) in [5, 5.41) is 0. The fraction of sp³-hybridized carbons (Fsp3) is 0.562. The van der Waals surface area contributed by atoms with Crippen LogP contribution in [0, 0.1) is 0 Å². The zero-order valence-corrected chi connectivity index (χ0v) is 12.6. The van der Waals surface area contributed by atoms with Gasteiger partial charge in [0.15, 0.2) is 0 Å². The number of carbonyl (C=O) groups is 1. The molecule has 2 N–H and O–H groups in total. The number of rotatable bonds is 3. The number of halogens is 3. The van der Waals surface area contributed by atoms with E-state index in [1.165, 1.54) is 18.2 Å². The fourth-order valence-corrected chi connectivity index (χ4v) is 3.03. The molecule has 1 aliphatic heterocycles. The molecule has 0 spiro atoms. The molecule has 0 bridgehead atoms. The van der Waals surface area contributed by atoms with Crippen molar-refractivity contribution in [2.45, 2.75) is 50.9 Å². The van der Waals surface area contributed by atoms with Crippen molar-refractivity contribution in [3.63, 3.8) is 0 Å². The van der Waals surface area contributed by atoms with Crippen LogP contribution in [0.1, 0.15) is 37.3 Å². The number of amides is 1. The standard InChI is InChI=1S/C16H21F3N2O/c1-11(20)14-8-4-5-9-21(14)15(22)10-12-6-2-3-7-13(12)16(17,18)19/h2-3,6-7,11,14H,4-5,8-10,20H2,1H3. The van der Waals surface area contributed by atoms with Gasteiger partial charge in [0.2, 0.25) is 5.91 Å². The summed E-state index contributed by atoms with van der Waals surface area (Å²) >= 11 is 0. The third kappa shape index (κ3) is 3.80. The van der Waals surface area contributed by atoms with Crippen molar-refractivity contribution in [2.75, 3.05) is 6.54 Å². The summed E-state index contributed by atoms with van der Waals surface area (Å²) in [5.41, 5.74) is 5.20. The Balaban J connectivity index is 2.18. The number of hydrogen-bond donors (Lipinski definition) is 1. The van der Waals surface area contributed by atoms with Crippen LogP contribution < -0.4 is 5.73 Å². The van der Waals surface area contributed by atoms with E-state index in [2.05, 4.69) is 0 Å². The van der Waals surface area contributed by atoms with Gasteiger partial charge in [-0.3, -0.25) is 4.79 Å². The Bertz CT molecular complexity index is 528. The number of hydrogen-bond acceptors (Lipinski definition) is 2. The zero-order chi connectivity index (χ0) is 16.3. The first-order chi connectivity index (χ1) is 10.3. The molecule has 1 amide bonds. The van der Waals surface area contributed by atoms with E-state index in [9.17, 15) is 18.0 Å². The van der Waals surface area contributed by atoms with Gasteiger partial charge in [0, 0.05) is 18.6 Å². The van der Waals surface area contributed by atoms with Crippen LogP contribution in [0.2, 0.25) is 0 Å². The summed E-state index contributed by atoms with van der Waals surface area (Å²) in [6.45, 7) is 2.40. The van der Waals surface area contributed by atoms with Crippen molar-refractivity contribution in [3.8, 4) is 0 Å². The van der Waals surface area contributed by atoms with Crippen LogP contribution in [0.15, 0.2) is 24.3 Å². The molecule has 2 unspecified atom stereocenters. The Labute approximate surface area is 128 Å². The second kappa shape index (κ2) is 6.69. The average Bonchev–Trinajstić information content (AvgIpc) is 2.46. The summed E-state index contributed by atoms with van der Waals surface area (Å²) in [7, 11) is 0. The van der Waals surface area contributed by atoms with Gasteiger partial charge in [-0.05, 0) is 37.8 Å². The highest BCUT2D eigenvalue weighted by Gasteiger charge is 2.35. The maximum absolute atomic E-state index is 13.0. The molecule has 3 nitrogen and oxygen atoms in total. The van der Waals surface area contributed by atoms with Gasteiger partial charge in [-0.2, -0.15) is 13.2 Å². The Morgan fingerprint density at radius 2 is 2.05 bits per heavy atom. The van der Waals surface area contributed by atoms with E-state index in [1.807, 2.05) is 6.92 Å². The van der Waals surface area contributed by atoms with Crippen molar-refractivity contribution in [3.05, 3.63) is 35.4 Å². The van der Waals surface area contributed by atoms with E-state index in [4.69, 9.17) is 5.73 Å². The Hall–Kier alpha value is -1.56. The smallest absolute Gasteiger partial charge is 0.338 e. The molecule has 22 heavy (non-hydrogen) atoms. The highest BCUT2D eigenvalue weighted by molar-refractivity contribution is 5.79. The van der Waals surface area contributed by atoms with Gasteiger partial charge in [0.25, 0.3) is 0 Å². The summed E-state index contributed by atoms with van der Waals surface area (Å²) < 4.78 is 39.0. The molecule has 1 saturated heterocycles. The molecule has 1 aromatic carbocycles. The number of carbonyl (C=O) groups excluding carboxylic acids is 1. The number of benzene rings is 1. The molecule has 1 heterocycles. The molecular weight excluding hydrogens is 293 g/mol. The van der Waals surface area contributed by atoms with Crippen molar-refractivity contribution in [1.29, 1.82) is 0 Å². The van der Waals surface area contributed by atoms with Gasteiger partial charge in [-0.1, -0.05) is 18.2 Å². The third-order valence-corrected chi connectivity index (χ3v) is 4.14. The van der Waals surface area contributed by atoms with Crippen molar-refractivity contribution < 1.29 is 18.0 Å². The van der Waals surface area contributed by atoms with E-state index in [-0.39, 0.29) is 30.0 Å². The molecule has 122 valence electrons. The molecular formula is C16H21F3N2O. The summed E-state index contributed by atoms with van der Waals surface area (Å²) in [4.78, 5) is 14.1. The van der Waals surface area contributed by atoms with E-state index in [0.29, 0.717) is 6.54 Å². The monoisotopic (exact) mass is 314 g/mol. The predicted octanol–water partition coefficient (Wildman–Crippen LogP) is 2.98. The first-order valence-corrected chi connectivity index (χ1v) is 7.51. The van der Waals surface area contributed by atoms with Crippen molar-refractivity contribution in [2.24, 2.45) is 5.73 Å². The molecule has 6 heteroatoms. The van der Waals surface area contributed by atoms with Crippen molar-refractivity contribution in [1.82, 2.24) is 4.90 Å². The lowest BCUT2D eigenvalue weighted by Crippen LogP contribution is -2.52. The zero-order valence-electron chi connectivity index (χ0n) is 12.6. The number of likely N-dealkylation sites (tertiary alicyclic amines) is 1. The normalized spacial score (nSPS) is 20.8. The van der Waals surface area contributed by atoms with Crippen LogP contribution in [-0.4, -0.2) is 29.4 Å². The van der Waals surface area contributed by atoms with Gasteiger partial charge >= 0.3 is 6.18 Å². The van der Waals surface area contributed by atoms with Crippen LogP contribution in [-0.2, 0) is 17.4 Å². The maximum atomic E-state index is 13.0. The molecule has 1 aromatic rings. The number of nitrogens with zero attached hydrogens (tertiary/aromatic N) is 1. The highest BCUT2D eigenvalue weighted by atomic mass is 19.4. The molecule has 2 atom stereocenters. The lowest BCUT2D eigenvalue weighted by Gasteiger charge is -2.38. The van der Waals surface area contributed by atoms with Crippen LogP contribution in [0.25, 0.3) is 0 Å². The SMILES string of the molecule is CC(N)C1CCCCN1C(=O)Cc1ccccc1C(F)(F)F. The van der Waals surface area contributed by atoms with Gasteiger partial charge < -0.3 is 10.6 Å². The largest absolute Gasteiger partial charge is 0.416 e. The lowest BCUT2D eigenvalue weighted by molar-refractivity contribution is -0.139. The van der Waals surface area contributed by atoms with Crippen LogP contribution in [0.5, 0.6) is 0 Å². The van der Waals surface area contributed by atoms with Crippen LogP contribution >= 0.6 is 0 Å². The van der Waals surface area contributed by atoms with Gasteiger partial charge in [-0.15, -0.1) is 0 Å². The lowest BCUT2D eigenvalue weighted by atomic mass is 9.95. The third-order valence-electron chi connectivity index (χ3n) is 4.14. The topological polar surface area (TPSA) is 46.3 Å². The molecule has 1 aliphatic rings. The van der Waals surface area contributed by atoms with Crippen molar-refractivity contribution >= 4 is 5.91 Å². The molecule has 2 rings (SSSR count). The first-order valence-electron chi connectivity index (χ1n) is 7.51. The summed E-state index contributed by atoms with van der Waals surface area (Å²) in [6.07, 6.45) is -2.01. The second-order valence-electron chi connectivity index (χ2n) is 5.84. The number of piperidine rings is 1. The Kier molecular flexibility index (Phi) is 5.11. The van der Waals surface area contributed by atoms with Gasteiger partial charge in [0.1, 0.15) is 0 Å². The van der Waals surface area contributed by atoms with Crippen LogP contribution in [0.4, 0.5) is 13.2 Å². The van der Waals surface area contributed by atoms with E-state index in [0.717, 1.165) is 25.3 Å². The molecule has 0 radical (unpaired) electrons. The quantitative estimate of drug-likeness (QED) is 0.932. The molecule has 0 aromatic heterocycles. The Morgan fingerprint density at radius 3 is 2.68 bits per heavy atom. The number of nitrogens with two attached hydrogens (primary N) is 1. The molecule has 1 fully saturated rings. The van der Waals surface area contributed by atoms with E-state index in [1.54, 1.807) is 4.90 Å². The number of alkyl halides is 3. The molecule has 0 saturated carbocycles. The average molecular weight is 314 g/mol. The predicted molar refractivity (Wildman–Crippen MR) is 78.1 cm³/mol. The van der Waals surface area contributed by atoms with E-state index < -0.39 is 11.7 Å². The fourth-order valence-electron chi connectivity index (χ4n) is 3.03. The summed E-state index contributed by atoms with van der Waals surface area (Å²) in [5.74, 6) is -0.279. The molecule has 0 aliphatic carbocycles. The van der Waals surface area contributed by atoms with Gasteiger partial charge in [-0.25, -0.2) is 0 Å². The minimum absolute atomic E-state index is 0.0222. The van der Waals surface area contributed by atoms with Gasteiger partial charge in [0.05, 0.1) is 12.0 Å². The second-order valence-corrected chi connectivity index (χ2v) is 5.84. The van der Waals surface area contributed by atoms with E-state index >= 15 is 0 Å². The maximum Gasteiger partial charge on any atom is 0.416 e. The first kappa shape index (κ1) is 16.8. The summed E-state index contributed by atoms with van der Waals surface area (Å²) in [6, 6.07) is 4.98. The highest BCUT2D eigenvalue weighted by Crippen LogP contribution is 2.32. The van der Waals surface area contributed by atoms with Crippen LogP contribution in [0.3, 0.4) is 0 Å². The Morgan fingerprint density at radius 1 is 1.36 bits per heavy atom.